The van der Waals surface area contributed by atoms with E-state index >= 15 is 0 Å². The summed E-state index contributed by atoms with van der Waals surface area (Å²) in [4.78, 5) is 0. The number of rotatable bonds is 6. The van der Waals surface area contributed by atoms with Crippen LogP contribution < -0.4 is 10.5 Å². The third kappa shape index (κ3) is 4.51. The summed E-state index contributed by atoms with van der Waals surface area (Å²) >= 11 is 0. The average Bonchev–Trinajstić information content (AvgIpc) is 2.89. The van der Waals surface area contributed by atoms with Crippen molar-refractivity contribution in [3.8, 4) is 5.75 Å². The molecule has 0 spiro atoms. The summed E-state index contributed by atoms with van der Waals surface area (Å²) < 4.78 is 11.3. The Hall–Kier alpha value is -1.06. The molecule has 106 valence electrons. The van der Waals surface area contributed by atoms with Crippen LogP contribution in [0.15, 0.2) is 24.3 Å². The minimum absolute atomic E-state index is 0.0947. The van der Waals surface area contributed by atoms with Gasteiger partial charge in [-0.25, -0.2) is 0 Å². The molecule has 1 aliphatic heterocycles. The highest BCUT2D eigenvalue weighted by Crippen LogP contribution is 2.24. The molecule has 2 unspecified atom stereocenters. The Morgan fingerprint density at radius 1 is 1.32 bits per heavy atom. The van der Waals surface area contributed by atoms with E-state index in [0.29, 0.717) is 6.10 Å². The van der Waals surface area contributed by atoms with Crippen molar-refractivity contribution in [1.29, 1.82) is 0 Å². The van der Waals surface area contributed by atoms with Crippen molar-refractivity contribution in [3.63, 3.8) is 0 Å². The molecular weight excluding hydrogens is 238 g/mol. The predicted octanol–water partition coefficient (Wildman–Crippen LogP) is 3.43. The molecule has 0 bridgehead atoms. The number of ether oxygens (including phenoxy) is 2. The van der Waals surface area contributed by atoms with Crippen molar-refractivity contribution in [2.45, 2.75) is 57.8 Å². The summed E-state index contributed by atoms with van der Waals surface area (Å²) in [6.07, 6.45) is 5.06. The van der Waals surface area contributed by atoms with Gasteiger partial charge in [0.2, 0.25) is 0 Å². The summed E-state index contributed by atoms with van der Waals surface area (Å²) in [7, 11) is 0. The van der Waals surface area contributed by atoms with Crippen molar-refractivity contribution in [2.75, 3.05) is 6.61 Å². The van der Waals surface area contributed by atoms with Gasteiger partial charge in [0.25, 0.3) is 0 Å². The Morgan fingerprint density at radius 2 is 2.05 bits per heavy atom. The summed E-state index contributed by atoms with van der Waals surface area (Å²) in [6.45, 7) is 4.98. The summed E-state index contributed by atoms with van der Waals surface area (Å²) in [5.74, 6) is 0.907. The van der Waals surface area contributed by atoms with Gasteiger partial charge in [0, 0.05) is 12.6 Å². The fourth-order valence-electron chi connectivity index (χ4n) is 2.47. The Morgan fingerprint density at radius 3 is 2.63 bits per heavy atom. The van der Waals surface area contributed by atoms with E-state index in [1.807, 2.05) is 26.0 Å². The average molecular weight is 263 g/mol. The number of hydrogen-bond donors (Lipinski definition) is 1. The molecule has 3 nitrogen and oxygen atoms in total. The maximum Gasteiger partial charge on any atom is 0.119 e. The first-order chi connectivity index (χ1) is 9.15. The van der Waals surface area contributed by atoms with Gasteiger partial charge in [0.1, 0.15) is 5.75 Å². The lowest BCUT2D eigenvalue weighted by molar-refractivity contribution is 0.101. The molecule has 19 heavy (non-hydrogen) atoms. The lowest BCUT2D eigenvalue weighted by atomic mass is 10.00. The molecule has 1 fully saturated rings. The minimum Gasteiger partial charge on any atom is -0.491 e. The van der Waals surface area contributed by atoms with Crippen molar-refractivity contribution in [1.82, 2.24) is 0 Å². The molecule has 2 N–H and O–H groups in total. The maximum atomic E-state index is 6.23. The van der Waals surface area contributed by atoms with E-state index in [2.05, 4.69) is 12.1 Å². The monoisotopic (exact) mass is 263 g/mol. The second kappa shape index (κ2) is 6.92. The zero-order chi connectivity index (χ0) is 13.7. The highest BCUT2D eigenvalue weighted by Gasteiger charge is 2.17. The molecule has 0 radical (unpaired) electrons. The van der Waals surface area contributed by atoms with E-state index in [1.54, 1.807) is 0 Å². The van der Waals surface area contributed by atoms with Crippen LogP contribution in [0.1, 0.15) is 51.1 Å². The Kier molecular flexibility index (Phi) is 5.23. The van der Waals surface area contributed by atoms with Crippen molar-refractivity contribution in [3.05, 3.63) is 29.8 Å². The summed E-state index contributed by atoms with van der Waals surface area (Å²) in [5, 5.41) is 0. The van der Waals surface area contributed by atoms with Crippen LogP contribution in [0.25, 0.3) is 0 Å². The molecule has 1 aliphatic rings. The molecule has 0 saturated carbocycles. The second-order valence-corrected chi connectivity index (χ2v) is 5.55. The largest absolute Gasteiger partial charge is 0.491 e. The van der Waals surface area contributed by atoms with Gasteiger partial charge in [0.05, 0.1) is 12.2 Å². The predicted molar refractivity (Wildman–Crippen MR) is 77.3 cm³/mol. The van der Waals surface area contributed by atoms with Gasteiger partial charge in [-0.1, -0.05) is 12.1 Å². The van der Waals surface area contributed by atoms with Crippen LogP contribution in [0.5, 0.6) is 5.75 Å². The van der Waals surface area contributed by atoms with E-state index in [0.717, 1.165) is 25.2 Å². The van der Waals surface area contributed by atoms with Gasteiger partial charge in [-0.15, -0.1) is 0 Å². The molecule has 2 rings (SSSR count). The van der Waals surface area contributed by atoms with Crippen LogP contribution in [-0.4, -0.2) is 18.8 Å². The van der Waals surface area contributed by atoms with Crippen LogP contribution in [0.2, 0.25) is 0 Å². The fourth-order valence-corrected chi connectivity index (χ4v) is 2.47. The third-order valence-electron chi connectivity index (χ3n) is 3.50. The fraction of sp³-hybridized carbons (Fsp3) is 0.625. The van der Waals surface area contributed by atoms with Crippen LogP contribution >= 0.6 is 0 Å². The standard InChI is InChI=1S/C16H25NO2/c1-12(2)19-15-7-5-13(6-8-15)16(17)10-9-14-4-3-11-18-14/h5-8,12,14,16H,3-4,9-11,17H2,1-2H3. The molecular formula is C16H25NO2. The summed E-state index contributed by atoms with van der Waals surface area (Å²) in [6, 6.07) is 8.23. The maximum absolute atomic E-state index is 6.23. The van der Waals surface area contributed by atoms with E-state index in [-0.39, 0.29) is 12.1 Å². The zero-order valence-corrected chi connectivity index (χ0v) is 12.0. The van der Waals surface area contributed by atoms with Crippen LogP contribution in [0.3, 0.4) is 0 Å². The second-order valence-electron chi connectivity index (χ2n) is 5.55. The Labute approximate surface area is 116 Å². The molecule has 1 aromatic rings. The molecule has 1 saturated heterocycles. The van der Waals surface area contributed by atoms with E-state index < -0.39 is 0 Å². The minimum atomic E-state index is 0.0947. The molecule has 0 amide bonds. The lowest BCUT2D eigenvalue weighted by Gasteiger charge is -2.16. The Bertz CT molecular complexity index is 369. The number of nitrogens with two attached hydrogens (primary N) is 1. The number of hydrogen-bond acceptors (Lipinski definition) is 3. The van der Waals surface area contributed by atoms with Gasteiger partial charge in [0.15, 0.2) is 0 Å². The highest BCUT2D eigenvalue weighted by atomic mass is 16.5. The van der Waals surface area contributed by atoms with Gasteiger partial charge >= 0.3 is 0 Å². The van der Waals surface area contributed by atoms with E-state index in [1.165, 1.54) is 18.4 Å². The molecule has 1 aromatic carbocycles. The summed E-state index contributed by atoms with van der Waals surface area (Å²) in [5.41, 5.74) is 7.40. The Balaban J connectivity index is 1.82. The SMILES string of the molecule is CC(C)Oc1ccc(C(N)CCC2CCCO2)cc1. The van der Waals surface area contributed by atoms with Gasteiger partial charge in [-0.2, -0.15) is 0 Å². The smallest absolute Gasteiger partial charge is 0.119 e. The first kappa shape index (κ1) is 14.4. The highest BCUT2D eigenvalue weighted by molar-refractivity contribution is 5.29. The topological polar surface area (TPSA) is 44.5 Å². The van der Waals surface area contributed by atoms with Crippen molar-refractivity contribution in [2.24, 2.45) is 5.73 Å². The number of benzene rings is 1. The van der Waals surface area contributed by atoms with Crippen molar-refractivity contribution < 1.29 is 9.47 Å². The van der Waals surface area contributed by atoms with Crippen LogP contribution in [0.4, 0.5) is 0 Å². The third-order valence-corrected chi connectivity index (χ3v) is 3.50. The van der Waals surface area contributed by atoms with Gasteiger partial charge in [-0.05, 0) is 57.2 Å². The van der Waals surface area contributed by atoms with Gasteiger partial charge in [-0.3, -0.25) is 0 Å². The van der Waals surface area contributed by atoms with Crippen LogP contribution in [-0.2, 0) is 4.74 Å². The molecule has 1 heterocycles. The zero-order valence-electron chi connectivity index (χ0n) is 12.0. The van der Waals surface area contributed by atoms with Crippen molar-refractivity contribution >= 4 is 0 Å². The quantitative estimate of drug-likeness (QED) is 0.855. The molecule has 2 atom stereocenters. The first-order valence-corrected chi connectivity index (χ1v) is 7.29. The lowest BCUT2D eigenvalue weighted by Crippen LogP contribution is -2.14. The van der Waals surface area contributed by atoms with E-state index in [4.69, 9.17) is 15.2 Å². The first-order valence-electron chi connectivity index (χ1n) is 7.29. The normalized spacial score (nSPS) is 20.7. The van der Waals surface area contributed by atoms with E-state index in [9.17, 15) is 0 Å². The molecule has 0 aliphatic carbocycles. The van der Waals surface area contributed by atoms with Gasteiger partial charge < -0.3 is 15.2 Å². The molecule has 0 aromatic heterocycles. The molecule has 3 heteroatoms. The van der Waals surface area contributed by atoms with Crippen LogP contribution in [0, 0.1) is 0 Å².